The number of hydrogen-bond donors (Lipinski definition) is 3. The van der Waals surface area contributed by atoms with Crippen LogP contribution in [0.4, 0.5) is 10.1 Å². The molecule has 1 aliphatic carbocycles. The van der Waals surface area contributed by atoms with Gasteiger partial charge in [0.15, 0.2) is 5.65 Å². The zero-order valence-electron chi connectivity index (χ0n) is 27.3. The first-order chi connectivity index (χ1) is 24.1. The maximum atomic E-state index is 14.8. The number of nitrogens with zero attached hydrogens (tertiary/aromatic N) is 5. The van der Waals surface area contributed by atoms with Crippen molar-refractivity contribution in [3.63, 3.8) is 0 Å². The summed E-state index contributed by atoms with van der Waals surface area (Å²) in [5.41, 5.74) is 6.77. The predicted molar refractivity (Wildman–Crippen MR) is 189 cm³/mol. The number of aromatic amines is 2. The van der Waals surface area contributed by atoms with Crippen LogP contribution in [-0.2, 0) is 4.79 Å². The van der Waals surface area contributed by atoms with Crippen molar-refractivity contribution in [3.8, 4) is 39.4 Å². The van der Waals surface area contributed by atoms with E-state index in [0.29, 0.717) is 41.6 Å². The van der Waals surface area contributed by atoms with Crippen LogP contribution in [0.15, 0.2) is 67.4 Å². The number of aromatic nitrogens is 6. The van der Waals surface area contributed by atoms with Gasteiger partial charge >= 0.3 is 0 Å². The molecule has 1 saturated carbocycles. The Morgan fingerprint density at radius 3 is 2.59 bits per heavy atom. The van der Waals surface area contributed by atoms with Crippen LogP contribution in [0.1, 0.15) is 51.4 Å². The fourth-order valence-corrected chi connectivity index (χ4v) is 7.31. The molecular formula is C38H39FN8O2. The molecule has 0 radical (unpaired) electrons. The minimum atomic E-state index is -0.359. The highest BCUT2D eigenvalue weighted by Gasteiger charge is 2.19. The minimum absolute atomic E-state index is 0.0312. The number of benzene rings is 1. The summed E-state index contributed by atoms with van der Waals surface area (Å²) in [5, 5.41) is 12.4. The van der Waals surface area contributed by atoms with E-state index in [4.69, 9.17) is 4.74 Å². The molecule has 1 amide bonds. The Kier molecular flexibility index (Phi) is 8.74. The molecule has 250 valence electrons. The van der Waals surface area contributed by atoms with Gasteiger partial charge in [0.1, 0.15) is 18.2 Å². The smallest absolute Gasteiger partial charge is 0.224 e. The van der Waals surface area contributed by atoms with Crippen LogP contribution in [-0.4, -0.2) is 67.2 Å². The molecule has 0 unspecified atom stereocenters. The van der Waals surface area contributed by atoms with Gasteiger partial charge in [-0.15, -0.1) is 0 Å². The van der Waals surface area contributed by atoms with E-state index in [1.165, 1.54) is 44.2 Å². The first-order valence-electron chi connectivity index (χ1n) is 17.3. The second-order valence-electron chi connectivity index (χ2n) is 13.3. The van der Waals surface area contributed by atoms with Crippen molar-refractivity contribution in [2.45, 2.75) is 51.4 Å². The Morgan fingerprint density at radius 2 is 1.71 bits per heavy atom. The van der Waals surface area contributed by atoms with Gasteiger partial charge in [0.05, 0.1) is 35.0 Å². The lowest BCUT2D eigenvalue weighted by molar-refractivity contribution is -0.117. The zero-order valence-corrected chi connectivity index (χ0v) is 27.3. The lowest BCUT2D eigenvalue weighted by Gasteiger charge is -2.20. The third kappa shape index (κ3) is 6.89. The monoisotopic (exact) mass is 658 g/mol. The molecule has 0 atom stereocenters. The Balaban J connectivity index is 1.05. The number of rotatable bonds is 10. The average Bonchev–Trinajstić information content (AvgIpc) is 3.88. The van der Waals surface area contributed by atoms with E-state index < -0.39 is 0 Å². The largest absolute Gasteiger partial charge is 0.492 e. The number of likely N-dealkylation sites (tertiary alicyclic amines) is 1. The van der Waals surface area contributed by atoms with Gasteiger partial charge in [-0.25, -0.2) is 9.37 Å². The van der Waals surface area contributed by atoms with Crippen LogP contribution in [0.25, 0.3) is 55.6 Å². The zero-order chi connectivity index (χ0) is 33.2. The maximum Gasteiger partial charge on any atom is 0.224 e. The van der Waals surface area contributed by atoms with Crippen LogP contribution in [0.3, 0.4) is 0 Å². The molecule has 2 aliphatic rings. The van der Waals surface area contributed by atoms with Gasteiger partial charge in [0.25, 0.3) is 0 Å². The fraction of sp³-hybridized carbons (Fsp3) is 0.342. The summed E-state index contributed by atoms with van der Waals surface area (Å²) in [6, 6.07) is 10.8. The molecule has 2 fully saturated rings. The second-order valence-corrected chi connectivity index (χ2v) is 13.3. The van der Waals surface area contributed by atoms with E-state index in [9.17, 15) is 9.18 Å². The van der Waals surface area contributed by atoms with Gasteiger partial charge in [-0.3, -0.25) is 24.8 Å². The highest BCUT2D eigenvalue weighted by molar-refractivity contribution is 6.01. The van der Waals surface area contributed by atoms with E-state index in [2.05, 4.69) is 40.3 Å². The highest BCUT2D eigenvalue weighted by atomic mass is 19.1. The SMILES string of the molecule is O=C(CC1CCCCC1)Nc1cncc(-c2cnc3n[nH]c(-c4cc5c(-c6cc(F)cc(OCCN7CCCC7)c6)cncc5[nH]4)c3c2)c1. The molecule has 8 rings (SSSR count). The number of fused-ring (bicyclic) bond motifs is 2. The number of carbonyl (C=O) groups excluding carboxylic acids is 1. The normalized spacial score (nSPS) is 15.7. The standard InChI is InChI=1S/C38H39FN8O2/c39-28-13-25(15-30(17-28)49-11-10-47-8-4-5-9-47)33-22-41-23-35-31(33)18-34(44-35)37-32-16-27(20-42-38(32)46-45-37)26-14-29(21-40-19-26)43-36(48)12-24-6-2-1-3-7-24/h13-24,44H,1-12H2,(H,43,48)(H,42,45,46). The van der Waals surface area contributed by atoms with Crippen molar-refractivity contribution in [2.24, 2.45) is 5.92 Å². The number of anilines is 1. The molecule has 1 saturated heterocycles. The van der Waals surface area contributed by atoms with Crippen molar-refractivity contribution in [1.82, 2.24) is 35.0 Å². The Bertz CT molecular complexity index is 2110. The van der Waals surface area contributed by atoms with Crippen LogP contribution in [0.5, 0.6) is 5.75 Å². The fourth-order valence-electron chi connectivity index (χ4n) is 7.31. The summed E-state index contributed by atoms with van der Waals surface area (Å²) in [6.07, 6.45) is 17.6. The number of carbonyl (C=O) groups is 1. The highest BCUT2D eigenvalue weighted by Crippen LogP contribution is 2.36. The summed E-state index contributed by atoms with van der Waals surface area (Å²) in [7, 11) is 0. The topological polar surface area (TPSA) is 125 Å². The molecule has 1 aliphatic heterocycles. The van der Waals surface area contributed by atoms with E-state index in [0.717, 1.165) is 76.8 Å². The number of pyridine rings is 3. The van der Waals surface area contributed by atoms with Crippen LogP contribution in [0.2, 0.25) is 0 Å². The number of hydrogen-bond acceptors (Lipinski definition) is 7. The Morgan fingerprint density at radius 1 is 0.878 bits per heavy atom. The number of amides is 1. The van der Waals surface area contributed by atoms with Crippen molar-refractivity contribution >= 4 is 33.5 Å². The summed E-state index contributed by atoms with van der Waals surface area (Å²) in [4.78, 5) is 32.1. The molecule has 3 N–H and O–H groups in total. The molecule has 0 bridgehead atoms. The molecule has 0 spiro atoms. The first-order valence-corrected chi connectivity index (χ1v) is 17.3. The number of H-pyrrole nitrogens is 2. The van der Waals surface area contributed by atoms with E-state index in [1.807, 2.05) is 24.3 Å². The molecule has 10 nitrogen and oxygen atoms in total. The van der Waals surface area contributed by atoms with Crippen LogP contribution < -0.4 is 10.1 Å². The number of ether oxygens (including phenoxy) is 1. The van der Waals surface area contributed by atoms with Gasteiger partial charge < -0.3 is 15.0 Å². The summed E-state index contributed by atoms with van der Waals surface area (Å²) in [5.74, 6) is 0.635. The first kappa shape index (κ1) is 31.1. The molecule has 11 heteroatoms. The summed E-state index contributed by atoms with van der Waals surface area (Å²) >= 11 is 0. The minimum Gasteiger partial charge on any atom is -0.492 e. The third-order valence-corrected chi connectivity index (χ3v) is 9.84. The lowest BCUT2D eigenvalue weighted by Crippen LogP contribution is -2.25. The maximum absolute atomic E-state index is 14.8. The Labute approximate surface area is 283 Å². The van der Waals surface area contributed by atoms with Crippen LogP contribution >= 0.6 is 0 Å². The van der Waals surface area contributed by atoms with Gasteiger partial charge in [0.2, 0.25) is 5.91 Å². The van der Waals surface area contributed by atoms with Crippen molar-refractivity contribution < 1.29 is 13.9 Å². The molecular weight excluding hydrogens is 619 g/mol. The summed E-state index contributed by atoms with van der Waals surface area (Å²) < 4.78 is 20.8. The molecule has 5 aromatic heterocycles. The number of halogens is 1. The molecule has 6 aromatic rings. The van der Waals surface area contributed by atoms with Gasteiger partial charge in [0, 0.05) is 65.1 Å². The molecule has 49 heavy (non-hydrogen) atoms. The average molecular weight is 659 g/mol. The molecule has 6 heterocycles. The second kappa shape index (κ2) is 13.8. The van der Waals surface area contributed by atoms with Gasteiger partial charge in [-0.2, -0.15) is 5.10 Å². The summed E-state index contributed by atoms with van der Waals surface area (Å²) in [6.45, 7) is 3.53. The van der Waals surface area contributed by atoms with Gasteiger partial charge in [-0.05, 0) is 80.6 Å². The predicted octanol–water partition coefficient (Wildman–Crippen LogP) is 7.75. The number of nitrogens with one attached hydrogen (secondary N) is 3. The van der Waals surface area contributed by atoms with Gasteiger partial charge in [-0.1, -0.05) is 19.3 Å². The van der Waals surface area contributed by atoms with Crippen molar-refractivity contribution in [3.05, 3.63) is 73.2 Å². The van der Waals surface area contributed by atoms with Crippen molar-refractivity contribution in [1.29, 1.82) is 0 Å². The molecule has 1 aromatic carbocycles. The van der Waals surface area contributed by atoms with E-state index >= 15 is 0 Å². The van der Waals surface area contributed by atoms with E-state index in [1.54, 1.807) is 31.0 Å². The van der Waals surface area contributed by atoms with E-state index in [-0.39, 0.29) is 11.7 Å². The van der Waals surface area contributed by atoms with Crippen molar-refractivity contribution in [2.75, 3.05) is 31.6 Å². The lowest BCUT2D eigenvalue weighted by atomic mass is 9.87. The third-order valence-electron chi connectivity index (χ3n) is 9.84. The Hall–Kier alpha value is -5.16. The van der Waals surface area contributed by atoms with Crippen LogP contribution in [0, 0.1) is 11.7 Å². The quantitative estimate of drug-likeness (QED) is 0.137.